The van der Waals surface area contributed by atoms with Gasteiger partial charge in [-0.2, -0.15) is 0 Å². The second-order valence-corrected chi connectivity index (χ2v) is 7.81. The van der Waals surface area contributed by atoms with Gasteiger partial charge in [0.05, 0.1) is 7.11 Å². The molecule has 6 N–H and O–H groups in total. The molecular formula is C25H27FN8O5. The van der Waals surface area contributed by atoms with E-state index in [0.717, 1.165) is 11.6 Å². The number of aliphatic carboxylic acids is 1. The molecule has 204 valence electrons. The molecule has 0 saturated carbocycles. The van der Waals surface area contributed by atoms with Gasteiger partial charge >= 0.3 is 5.69 Å². The van der Waals surface area contributed by atoms with Gasteiger partial charge in [-0.05, 0) is 48.0 Å². The number of nitrogens with two attached hydrogens (primary N) is 1. The highest BCUT2D eigenvalue weighted by atomic mass is 19.1. The molecule has 4 aromatic rings. The van der Waals surface area contributed by atoms with Gasteiger partial charge in [-0.15, -0.1) is 9.78 Å². The molecule has 1 unspecified atom stereocenters. The molecule has 0 aliphatic carbocycles. The molecule has 4 rings (SSSR count). The van der Waals surface area contributed by atoms with Crippen LogP contribution in [0.3, 0.4) is 0 Å². The number of aromatic nitrogens is 5. The van der Waals surface area contributed by atoms with Gasteiger partial charge in [0.2, 0.25) is 0 Å². The Morgan fingerprint density at radius 1 is 1.21 bits per heavy atom. The molecule has 2 aromatic carbocycles. The maximum Gasteiger partial charge on any atom is 0.350 e. The van der Waals surface area contributed by atoms with Crippen molar-refractivity contribution in [3.8, 4) is 17.4 Å². The average Bonchev–Trinajstić information content (AvgIpc) is 3.32. The normalized spacial score (nSPS) is 11.1. The van der Waals surface area contributed by atoms with Crippen LogP contribution in [0.2, 0.25) is 0 Å². The third-order valence-corrected chi connectivity index (χ3v) is 5.01. The molecule has 0 saturated heterocycles. The van der Waals surface area contributed by atoms with Gasteiger partial charge in [0.15, 0.2) is 17.3 Å². The Kier molecular flexibility index (Phi) is 9.67. The predicted molar refractivity (Wildman–Crippen MR) is 140 cm³/mol. The first-order chi connectivity index (χ1) is 18.7. The van der Waals surface area contributed by atoms with E-state index >= 15 is 0 Å². The number of rotatable bonds is 10. The Bertz CT molecular complexity index is 1450. The number of nitrogen functional groups attached to an aromatic ring is 1. The Balaban J connectivity index is 0.000000983. The van der Waals surface area contributed by atoms with Crippen LogP contribution < -0.4 is 26.2 Å². The van der Waals surface area contributed by atoms with E-state index in [1.54, 1.807) is 48.5 Å². The highest BCUT2D eigenvalue weighted by Gasteiger charge is 2.22. The molecule has 0 aliphatic heterocycles. The van der Waals surface area contributed by atoms with E-state index in [1.165, 1.54) is 19.5 Å². The number of aromatic amines is 1. The Hall–Kier alpha value is -5.27. The molecule has 13 nitrogen and oxygen atoms in total. The molecule has 0 fully saturated rings. The number of halogens is 1. The second-order valence-electron chi connectivity index (χ2n) is 7.81. The van der Waals surface area contributed by atoms with Gasteiger partial charge in [-0.25, -0.2) is 19.2 Å². The van der Waals surface area contributed by atoms with Gasteiger partial charge in [-0.1, -0.05) is 6.07 Å². The molecular weight excluding hydrogens is 511 g/mol. The summed E-state index contributed by atoms with van der Waals surface area (Å²) >= 11 is 0. The van der Waals surface area contributed by atoms with Crippen molar-refractivity contribution in [1.29, 1.82) is 5.41 Å². The highest BCUT2D eigenvalue weighted by Crippen LogP contribution is 2.33. The number of carboxylic acid groups (broad SMARTS) is 1. The molecule has 1 atom stereocenters. The third kappa shape index (κ3) is 7.61. The summed E-state index contributed by atoms with van der Waals surface area (Å²) in [6.45, 7) is 0.347. The van der Waals surface area contributed by atoms with Crippen LogP contribution in [0.5, 0.6) is 11.5 Å². The van der Waals surface area contributed by atoms with E-state index in [2.05, 4.69) is 25.4 Å². The monoisotopic (exact) mass is 538 g/mol. The molecule has 2 heterocycles. The number of alkyl halides is 1. The maximum atomic E-state index is 12.7. The number of nitrogens with zero attached hydrogens (tertiary/aromatic N) is 4. The van der Waals surface area contributed by atoms with Crippen molar-refractivity contribution in [2.24, 2.45) is 5.73 Å². The lowest BCUT2D eigenvalue weighted by Gasteiger charge is -2.20. The van der Waals surface area contributed by atoms with Crippen molar-refractivity contribution >= 4 is 17.5 Å². The largest absolute Gasteiger partial charge is 0.493 e. The molecule has 0 radical (unpaired) electrons. The zero-order valence-corrected chi connectivity index (χ0v) is 21.1. The Morgan fingerprint density at radius 3 is 2.46 bits per heavy atom. The van der Waals surface area contributed by atoms with E-state index in [-0.39, 0.29) is 24.2 Å². The van der Waals surface area contributed by atoms with E-state index in [0.29, 0.717) is 28.3 Å². The summed E-state index contributed by atoms with van der Waals surface area (Å²) in [6, 6.07) is 13.1. The number of carboxylic acids is 1. The summed E-state index contributed by atoms with van der Waals surface area (Å²) in [5, 5.41) is 22.7. The zero-order chi connectivity index (χ0) is 28.4. The van der Waals surface area contributed by atoms with Crippen LogP contribution in [0, 0.1) is 5.41 Å². The quantitative estimate of drug-likeness (QED) is 0.148. The molecule has 0 spiro atoms. The van der Waals surface area contributed by atoms with Crippen LogP contribution in [-0.4, -0.2) is 62.0 Å². The lowest BCUT2D eigenvalue weighted by atomic mass is 10.0. The number of anilines is 1. The Morgan fingerprint density at radius 2 is 1.87 bits per heavy atom. The number of nitrogens with one attached hydrogen (secondary N) is 3. The van der Waals surface area contributed by atoms with Gasteiger partial charge in [0, 0.05) is 30.6 Å². The predicted octanol–water partition coefficient (Wildman–Crippen LogP) is 2.28. The fourth-order valence-electron chi connectivity index (χ4n) is 3.36. The van der Waals surface area contributed by atoms with E-state index < -0.39 is 24.4 Å². The summed E-state index contributed by atoms with van der Waals surface area (Å²) in [4.78, 5) is 32.6. The van der Waals surface area contributed by atoms with Crippen LogP contribution in [0.1, 0.15) is 29.9 Å². The van der Waals surface area contributed by atoms with Crippen molar-refractivity contribution in [2.75, 3.05) is 25.7 Å². The minimum absolute atomic E-state index is 0.0485. The molecule has 39 heavy (non-hydrogen) atoms. The van der Waals surface area contributed by atoms with Gasteiger partial charge in [-0.3, -0.25) is 15.2 Å². The zero-order valence-electron chi connectivity index (χ0n) is 21.1. The number of carbonyl (C=O) groups is 1. The van der Waals surface area contributed by atoms with Crippen molar-refractivity contribution in [3.05, 3.63) is 88.4 Å². The summed E-state index contributed by atoms with van der Waals surface area (Å²) in [6.07, 6.45) is 3.02. The first-order valence-electron chi connectivity index (χ1n) is 11.5. The van der Waals surface area contributed by atoms with Crippen LogP contribution in [0.4, 0.5) is 10.1 Å². The lowest BCUT2D eigenvalue weighted by molar-refractivity contribution is -0.134. The topological polar surface area (TPSA) is 194 Å². The highest BCUT2D eigenvalue weighted by molar-refractivity contribution is 5.95. The summed E-state index contributed by atoms with van der Waals surface area (Å²) in [5.74, 6) is 0.306. The van der Waals surface area contributed by atoms with Crippen LogP contribution in [-0.2, 0) is 4.79 Å². The molecule has 14 heteroatoms. The van der Waals surface area contributed by atoms with Gasteiger partial charge in [0.25, 0.3) is 11.9 Å². The number of hydrogen-bond acceptors (Lipinski definition) is 9. The van der Waals surface area contributed by atoms with Crippen molar-refractivity contribution in [3.63, 3.8) is 0 Å². The SMILES string of the molecule is CC(=O)O.COc1cc(C(Nc2ccc(C(=N)N)cc2)c2nn(-c3ncccn3)c(=O)[nH]2)ccc1OCCF. The average molecular weight is 539 g/mol. The second kappa shape index (κ2) is 13.3. The molecule has 0 aliphatic rings. The first-order valence-corrected chi connectivity index (χ1v) is 11.5. The fraction of sp³-hybridized carbons (Fsp3) is 0.200. The third-order valence-electron chi connectivity index (χ3n) is 5.01. The molecule has 2 aromatic heterocycles. The number of benzene rings is 2. The van der Waals surface area contributed by atoms with Gasteiger partial charge < -0.3 is 25.6 Å². The number of amidine groups is 1. The summed E-state index contributed by atoms with van der Waals surface area (Å²) in [7, 11) is 1.48. The molecule has 0 amide bonds. The van der Waals surface area contributed by atoms with E-state index in [4.69, 9.17) is 30.5 Å². The van der Waals surface area contributed by atoms with Crippen LogP contribution in [0.15, 0.2) is 65.7 Å². The molecule has 0 bridgehead atoms. The minimum Gasteiger partial charge on any atom is -0.493 e. The van der Waals surface area contributed by atoms with Gasteiger partial charge in [0.1, 0.15) is 25.2 Å². The van der Waals surface area contributed by atoms with Crippen molar-refractivity contribution in [2.45, 2.75) is 13.0 Å². The maximum absolute atomic E-state index is 12.7. The van der Waals surface area contributed by atoms with Crippen LogP contribution >= 0.6 is 0 Å². The van der Waals surface area contributed by atoms with Crippen molar-refractivity contribution < 1.29 is 23.8 Å². The smallest absolute Gasteiger partial charge is 0.350 e. The number of methoxy groups -OCH3 is 1. The Labute approximate surface area is 222 Å². The van der Waals surface area contributed by atoms with E-state index in [1.807, 2.05) is 0 Å². The van der Waals surface area contributed by atoms with E-state index in [9.17, 15) is 9.18 Å². The number of ether oxygens (including phenoxy) is 2. The fourth-order valence-corrected chi connectivity index (χ4v) is 3.36. The summed E-state index contributed by atoms with van der Waals surface area (Å²) in [5.41, 5.74) is 6.97. The standard InChI is InChI=1S/C23H23FN8O3.C2H4O2/c1-34-18-13-15(5-8-17(18)35-12-9-24)19(29-16-6-3-14(4-7-16)20(25)26)21-30-23(33)32(31-21)22-27-10-2-11-28-22;1-2(3)4/h2-8,10-11,13,19,29H,9,12H2,1H3,(H3,25,26)(H,30,31,33);1H3,(H,3,4). The summed E-state index contributed by atoms with van der Waals surface area (Å²) < 4.78 is 24.5. The number of hydrogen-bond donors (Lipinski definition) is 5. The minimum atomic E-state index is -0.833. The number of H-pyrrole nitrogens is 1. The first kappa shape index (κ1) is 28.3. The lowest BCUT2D eigenvalue weighted by Crippen LogP contribution is -2.18. The van der Waals surface area contributed by atoms with Crippen LogP contribution in [0.25, 0.3) is 5.95 Å². The van der Waals surface area contributed by atoms with Crippen molar-refractivity contribution in [1.82, 2.24) is 24.7 Å².